The summed E-state index contributed by atoms with van der Waals surface area (Å²) in [7, 11) is -1.14. The molecule has 36 heavy (non-hydrogen) atoms. The van der Waals surface area contributed by atoms with E-state index in [4.69, 9.17) is 14.0 Å². The number of fused-ring (bicyclic) bond motifs is 3. The molecule has 1 N–H and O–H groups in total. The van der Waals surface area contributed by atoms with Crippen LogP contribution in [0.4, 0.5) is 0 Å². The highest BCUT2D eigenvalue weighted by Crippen LogP contribution is 2.35. The lowest BCUT2D eigenvalue weighted by atomic mass is 10.1. The topological polar surface area (TPSA) is 124 Å². The van der Waals surface area contributed by atoms with Crippen LogP contribution in [0.1, 0.15) is 24.8 Å². The summed E-state index contributed by atoms with van der Waals surface area (Å²) in [5.41, 5.74) is 1.38. The van der Waals surface area contributed by atoms with Crippen molar-refractivity contribution in [2.75, 3.05) is 20.8 Å². The number of carbonyl (C=O) groups excluding carboxylic acids is 1. The van der Waals surface area contributed by atoms with E-state index < -0.39 is 16.1 Å². The number of sulfonamides is 1. The SMILES string of the molecule is COc1ccc(CN(C2CCCCNC2=O)S(=O)(=O)c2cc3nnoc3c3ccccc23)cc1OC. The molecule has 0 saturated carbocycles. The largest absolute Gasteiger partial charge is 0.493 e. The van der Waals surface area contributed by atoms with Crippen LogP contribution in [0.3, 0.4) is 0 Å². The number of nitrogens with zero attached hydrogens (tertiary/aromatic N) is 3. The van der Waals surface area contributed by atoms with Gasteiger partial charge in [-0.3, -0.25) is 4.79 Å². The van der Waals surface area contributed by atoms with Gasteiger partial charge in [0, 0.05) is 29.1 Å². The number of nitrogens with one attached hydrogen (secondary N) is 1. The Kier molecular flexibility index (Phi) is 6.50. The number of hydrogen-bond donors (Lipinski definition) is 1. The number of aromatic nitrogens is 2. The van der Waals surface area contributed by atoms with Crippen LogP contribution < -0.4 is 14.8 Å². The van der Waals surface area contributed by atoms with Gasteiger partial charge in [-0.15, -0.1) is 5.10 Å². The van der Waals surface area contributed by atoms with Crippen molar-refractivity contribution < 1.29 is 27.2 Å². The Bertz CT molecular complexity index is 1530. The quantitative estimate of drug-likeness (QED) is 0.402. The van der Waals surface area contributed by atoms with Gasteiger partial charge in [0.1, 0.15) is 11.6 Å². The number of hydrogen-bond acceptors (Lipinski definition) is 8. The first-order valence-corrected chi connectivity index (χ1v) is 13.0. The van der Waals surface area contributed by atoms with Gasteiger partial charge in [-0.25, -0.2) is 8.42 Å². The molecule has 1 fully saturated rings. The lowest BCUT2D eigenvalue weighted by molar-refractivity contribution is -0.124. The number of carbonyl (C=O) groups is 1. The smallest absolute Gasteiger partial charge is 0.244 e. The third-order valence-corrected chi connectivity index (χ3v) is 8.34. The molecule has 1 aliphatic rings. The maximum Gasteiger partial charge on any atom is 0.244 e. The summed E-state index contributed by atoms with van der Waals surface area (Å²) in [6.07, 6.45) is 1.91. The molecule has 1 saturated heterocycles. The van der Waals surface area contributed by atoms with Gasteiger partial charge in [0.25, 0.3) is 0 Å². The molecule has 4 aromatic rings. The van der Waals surface area contributed by atoms with Gasteiger partial charge in [-0.05, 0) is 43.0 Å². The van der Waals surface area contributed by atoms with Crippen molar-refractivity contribution in [1.82, 2.24) is 20.0 Å². The van der Waals surface area contributed by atoms with Crippen LogP contribution in [0.5, 0.6) is 11.5 Å². The van der Waals surface area contributed by atoms with Gasteiger partial charge >= 0.3 is 0 Å². The summed E-state index contributed by atoms with van der Waals surface area (Å²) in [6, 6.07) is 12.8. The van der Waals surface area contributed by atoms with Crippen molar-refractivity contribution in [3.05, 3.63) is 54.1 Å². The van der Waals surface area contributed by atoms with E-state index in [9.17, 15) is 13.2 Å². The molecule has 0 aliphatic carbocycles. The van der Waals surface area contributed by atoms with Gasteiger partial charge < -0.3 is 19.3 Å². The Balaban J connectivity index is 1.67. The minimum absolute atomic E-state index is 0.0375. The second-order valence-electron chi connectivity index (χ2n) is 8.58. The van der Waals surface area contributed by atoms with Gasteiger partial charge in [0.2, 0.25) is 15.9 Å². The first-order valence-electron chi connectivity index (χ1n) is 11.6. The Morgan fingerprint density at radius 1 is 1.06 bits per heavy atom. The molecule has 1 aliphatic heterocycles. The zero-order valence-corrected chi connectivity index (χ0v) is 20.7. The maximum atomic E-state index is 14.4. The normalized spacial score (nSPS) is 16.8. The highest BCUT2D eigenvalue weighted by Gasteiger charge is 2.38. The van der Waals surface area contributed by atoms with E-state index in [1.54, 1.807) is 42.5 Å². The zero-order valence-electron chi connectivity index (χ0n) is 19.9. The molecule has 0 radical (unpaired) electrons. The van der Waals surface area contributed by atoms with Gasteiger partial charge in [0.15, 0.2) is 17.1 Å². The Hall–Kier alpha value is -3.70. The number of benzene rings is 3. The molecule has 1 unspecified atom stereocenters. The average Bonchev–Trinajstić information content (AvgIpc) is 3.28. The van der Waals surface area contributed by atoms with Crippen molar-refractivity contribution in [1.29, 1.82) is 0 Å². The van der Waals surface area contributed by atoms with E-state index in [-0.39, 0.29) is 17.3 Å². The zero-order chi connectivity index (χ0) is 25.3. The van der Waals surface area contributed by atoms with Gasteiger partial charge in [-0.1, -0.05) is 30.3 Å². The first-order chi connectivity index (χ1) is 17.4. The summed E-state index contributed by atoms with van der Waals surface area (Å²) in [4.78, 5) is 13.1. The minimum Gasteiger partial charge on any atom is -0.493 e. The van der Waals surface area contributed by atoms with Crippen molar-refractivity contribution in [3.8, 4) is 11.5 Å². The third kappa shape index (κ3) is 4.24. The first kappa shape index (κ1) is 24.0. The van der Waals surface area contributed by atoms with Crippen molar-refractivity contribution in [2.24, 2.45) is 0 Å². The standard InChI is InChI=1S/C25H26N4O6S/c1-33-21-11-10-16(13-22(21)34-2)15-29(20-9-5-6-12-26-25(20)30)36(31,32)23-14-19-24(35-28-27-19)18-8-4-3-7-17(18)23/h3-4,7-8,10-11,13-14,20H,5-6,9,12,15H2,1-2H3,(H,26,30). The Morgan fingerprint density at radius 3 is 2.61 bits per heavy atom. The summed E-state index contributed by atoms with van der Waals surface area (Å²) in [5.74, 6) is 0.682. The number of rotatable bonds is 7. The summed E-state index contributed by atoms with van der Waals surface area (Å²) >= 11 is 0. The van der Waals surface area contributed by atoms with Crippen molar-refractivity contribution >= 4 is 37.8 Å². The Labute approximate surface area is 208 Å². The lowest BCUT2D eigenvalue weighted by Crippen LogP contribution is -2.48. The highest BCUT2D eigenvalue weighted by atomic mass is 32.2. The van der Waals surface area contributed by atoms with E-state index in [1.165, 1.54) is 24.6 Å². The van der Waals surface area contributed by atoms with Crippen LogP contribution >= 0.6 is 0 Å². The van der Waals surface area contributed by atoms with Crippen molar-refractivity contribution in [2.45, 2.75) is 36.7 Å². The molecule has 1 aromatic heterocycles. The molecule has 3 aromatic carbocycles. The molecule has 2 heterocycles. The van der Waals surface area contributed by atoms with Crippen LogP contribution in [0, 0.1) is 0 Å². The highest BCUT2D eigenvalue weighted by molar-refractivity contribution is 7.89. The lowest BCUT2D eigenvalue weighted by Gasteiger charge is -2.29. The van der Waals surface area contributed by atoms with E-state index in [2.05, 4.69) is 15.7 Å². The second kappa shape index (κ2) is 9.75. The number of amides is 1. The molecule has 1 atom stereocenters. The van der Waals surface area contributed by atoms with Crippen LogP contribution in [0.25, 0.3) is 21.9 Å². The number of ether oxygens (including phenoxy) is 2. The van der Waals surface area contributed by atoms with Crippen LogP contribution in [-0.4, -0.2) is 55.8 Å². The summed E-state index contributed by atoms with van der Waals surface area (Å²) < 4.78 is 46.0. The molecular weight excluding hydrogens is 484 g/mol. The molecule has 10 nitrogen and oxygen atoms in total. The fourth-order valence-corrected chi connectivity index (χ4v) is 6.46. The van der Waals surface area contributed by atoms with Crippen molar-refractivity contribution in [3.63, 3.8) is 0 Å². The van der Waals surface area contributed by atoms with E-state index in [1.807, 2.05) is 0 Å². The van der Waals surface area contributed by atoms with Crippen LogP contribution in [0.2, 0.25) is 0 Å². The van der Waals surface area contributed by atoms with E-state index in [0.29, 0.717) is 58.3 Å². The van der Waals surface area contributed by atoms with Gasteiger partial charge in [-0.2, -0.15) is 4.31 Å². The minimum atomic E-state index is -4.19. The molecule has 0 spiro atoms. The van der Waals surface area contributed by atoms with Crippen LogP contribution in [-0.2, 0) is 21.4 Å². The molecule has 1 amide bonds. The fourth-order valence-electron chi connectivity index (χ4n) is 4.64. The predicted molar refractivity (Wildman–Crippen MR) is 132 cm³/mol. The monoisotopic (exact) mass is 510 g/mol. The average molecular weight is 511 g/mol. The molecular formula is C25H26N4O6S. The fraction of sp³-hybridized carbons (Fsp3) is 0.320. The van der Waals surface area contributed by atoms with E-state index in [0.717, 1.165) is 6.42 Å². The van der Waals surface area contributed by atoms with Gasteiger partial charge in [0.05, 0.1) is 19.1 Å². The molecule has 188 valence electrons. The third-order valence-electron chi connectivity index (χ3n) is 6.45. The van der Waals surface area contributed by atoms with E-state index >= 15 is 0 Å². The van der Waals surface area contributed by atoms with Crippen LogP contribution in [0.15, 0.2) is 57.9 Å². The number of methoxy groups -OCH3 is 2. The molecule has 11 heteroatoms. The summed E-state index contributed by atoms with van der Waals surface area (Å²) in [5, 5.41) is 11.5. The predicted octanol–water partition coefficient (Wildman–Crippen LogP) is 3.25. The molecule has 5 rings (SSSR count). The Morgan fingerprint density at radius 2 is 1.83 bits per heavy atom. The summed E-state index contributed by atoms with van der Waals surface area (Å²) in [6.45, 7) is 0.475. The molecule has 0 bridgehead atoms. The second-order valence-corrected chi connectivity index (χ2v) is 10.4. The maximum absolute atomic E-state index is 14.4.